The Balaban J connectivity index is 1.41. The number of likely N-dealkylation sites (tertiary alicyclic amines) is 1. The number of hydrogen-bond acceptors (Lipinski definition) is 4. The van der Waals surface area contributed by atoms with E-state index in [9.17, 15) is 4.79 Å². The Bertz CT molecular complexity index is 922. The maximum atomic E-state index is 12.8. The highest BCUT2D eigenvalue weighted by Gasteiger charge is 2.30. The molecule has 1 aliphatic rings. The highest BCUT2D eigenvalue weighted by atomic mass is 16.5. The van der Waals surface area contributed by atoms with Crippen LogP contribution in [0.3, 0.4) is 0 Å². The van der Waals surface area contributed by atoms with Gasteiger partial charge in [0.1, 0.15) is 5.75 Å². The Kier molecular flexibility index (Phi) is 5.39. The lowest BCUT2D eigenvalue weighted by Crippen LogP contribution is -2.39. The molecule has 0 radical (unpaired) electrons. The van der Waals surface area contributed by atoms with Gasteiger partial charge in [-0.15, -0.1) is 0 Å². The molecule has 2 heterocycles. The van der Waals surface area contributed by atoms with Crippen LogP contribution in [0.5, 0.6) is 5.75 Å². The normalized spacial score (nSPS) is 16.8. The number of nitrogens with one attached hydrogen (secondary N) is 2. The summed E-state index contributed by atoms with van der Waals surface area (Å²) in [6, 6.07) is 15.8. The molecule has 1 saturated heterocycles. The van der Waals surface area contributed by atoms with Crippen LogP contribution in [0.2, 0.25) is 0 Å². The zero-order chi connectivity index (χ0) is 19.3. The van der Waals surface area contributed by atoms with Gasteiger partial charge in [0.25, 0.3) is 0 Å². The van der Waals surface area contributed by atoms with Crippen LogP contribution in [0, 0.1) is 0 Å². The molecule has 0 spiro atoms. The molecule has 3 aromatic rings. The lowest BCUT2D eigenvalue weighted by molar-refractivity contribution is -0.120. The van der Waals surface area contributed by atoms with E-state index >= 15 is 0 Å². The molecule has 28 heavy (non-hydrogen) atoms. The maximum Gasteiger partial charge on any atom is 0.241 e. The molecule has 6 heteroatoms. The molecule has 4 rings (SSSR count). The van der Waals surface area contributed by atoms with E-state index in [2.05, 4.69) is 20.2 Å². The van der Waals surface area contributed by atoms with Gasteiger partial charge in [0, 0.05) is 24.1 Å². The minimum atomic E-state index is -0.110. The topological polar surface area (TPSA) is 70.2 Å². The standard InChI is InChI=1S/C22H24N4O2/c1-28-20-5-2-4-17(12-20)16-7-9-18(10-8-16)25-22(27)21-6-3-11-26(21)14-19-13-23-15-24-19/h2,4-5,7-10,12-13,15,21H,3,6,11,14H2,1H3,(H,23,24)(H,25,27)/t21-/m1/s1. The molecule has 0 aliphatic carbocycles. The van der Waals surface area contributed by atoms with Crippen molar-refractivity contribution in [2.75, 3.05) is 19.0 Å². The van der Waals surface area contributed by atoms with Gasteiger partial charge in [-0.1, -0.05) is 24.3 Å². The number of rotatable bonds is 6. The number of ether oxygens (including phenoxy) is 1. The van der Waals surface area contributed by atoms with Crippen LogP contribution >= 0.6 is 0 Å². The van der Waals surface area contributed by atoms with E-state index < -0.39 is 0 Å². The van der Waals surface area contributed by atoms with Crippen molar-refractivity contribution in [3.05, 3.63) is 66.7 Å². The van der Waals surface area contributed by atoms with E-state index in [0.29, 0.717) is 6.54 Å². The molecule has 1 amide bonds. The quantitative estimate of drug-likeness (QED) is 0.688. The van der Waals surface area contributed by atoms with Crippen LogP contribution in [0.1, 0.15) is 18.5 Å². The second-order valence-electron chi connectivity index (χ2n) is 7.00. The molecular formula is C22H24N4O2. The molecule has 1 aliphatic heterocycles. The number of carbonyl (C=O) groups is 1. The van der Waals surface area contributed by atoms with Crippen molar-refractivity contribution in [3.8, 4) is 16.9 Å². The van der Waals surface area contributed by atoms with E-state index in [4.69, 9.17) is 4.74 Å². The first-order valence-corrected chi connectivity index (χ1v) is 9.49. The summed E-state index contributed by atoms with van der Waals surface area (Å²) in [6.45, 7) is 1.64. The first kappa shape index (κ1) is 18.3. The fourth-order valence-corrected chi connectivity index (χ4v) is 3.68. The van der Waals surface area contributed by atoms with Gasteiger partial charge in [-0.05, 0) is 54.8 Å². The molecule has 1 atom stereocenters. The summed E-state index contributed by atoms with van der Waals surface area (Å²) in [5, 5.41) is 3.06. The highest BCUT2D eigenvalue weighted by molar-refractivity contribution is 5.95. The zero-order valence-corrected chi connectivity index (χ0v) is 15.9. The monoisotopic (exact) mass is 376 g/mol. The summed E-state index contributed by atoms with van der Waals surface area (Å²) in [5.74, 6) is 0.875. The third kappa shape index (κ3) is 4.07. The predicted octanol–water partition coefficient (Wildman–Crippen LogP) is 3.69. The number of anilines is 1. The molecule has 1 fully saturated rings. The summed E-state index contributed by atoms with van der Waals surface area (Å²) in [5.41, 5.74) is 4.00. The highest BCUT2D eigenvalue weighted by Crippen LogP contribution is 2.26. The van der Waals surface area contributed by atoms with Crippen LogP contribution in [-0.4, -0.2) is 40.5 Å². The first-order chi connectivity index (χ1) is 13.7. The second-order valence-corrected chi connectivity index (χ2v) is 7.00. The Morgan fingerprint density at radius 3 is 2.86 bits per heavy atom. The molecule has 2 N–H and O–H groups in total. The number of amides is 1. The smallest absolute Gasteiger partial charge is 0.241 e. The summed E-state index contributed by atoms with van der Waals surface area (Å²) in [6.07, 6.45) is 5.39. The van der Waals surface area contributed by atoms with Crippen molar-refractivity contribution in [2.45, 2.75) is 25.4 Å². The summed E-state index contributed by atoms with van der Waals surface area (Å²) in [7, 11) is 1.66. The van der Waals surface area contributed by atoms with Crippen molar-refractivity contribution < 1.29 is 9.53 Å². The molecule has 0 saturated carbocycles. The fourth-order valence-electron chi connectivity index (χ4n) is 3.68. The van der Waals surface area contributed by atoms with Crippen LogP contribution in [0.25, 0.3) is 11.1 Å². The van der Waals surface area contributed by atoms with Crippen molar-refractivity contribution in [3.63, 3.8) is 0 Å². The van der Waals surface area contributed by atoms with Crippen LogP contribution < -0.4 is 10.1 Å². The number of methoxy groups -OCH3 is 1. The third-order valence-corrected chi connectivity index (χ3v) is 5.15. The SMILES string of the molecule is COc1cccc(-c2ccc(NC(=O)[C@H]3CCCN3Cc3cnc[nH]3)cc2)c1. The molecule has 6 nitrogen and oxygen atoms in total. The largest absolute Gasteiger partial charge is 0.497 e. The van der Waals surface area contributed by atoms with Gasteiger partial charge in [0.15, 0.2) is 0 Å². The van der Waals surface area contributed by atoms with Crippen molar-refractivity contribution in [1.29, 1.82) is 0 Å². The van der Waals surface area contributed by atoms with Crippen LogP contribution in [0.15, 0.2) is 61.1 Å². The Morgan fingerprint density at radius 1 is 1.25 bits per heavy atom. The van der Waals surface area contributed by atoms with E-state index in [1.165, 1.54) is 0 Å². The molecular weight excluding hydrogens is 352 g/mol. The van der Waals surface area contributed by atoms with E-state index in [1.807, 2.05) is 54.7 Å². The fraction of sp³-hybridized carbons (Fsp3) is 0.273. The van der Waals surface area contributed by atoms with E-state index in [1.54, 1.807) is 13.4 Å². The predicted molar refractivity (Wildman–Crippen MR) is 109 cm³/mol. The van der Waals surface area contributed by atoms with Crippen molar-refractivity contribution >= 4 is 11.6 Å². The minimum Gasteiger partial charge on any atom is -0.497 e. The zero-order valence-electron chi connectivity index (χ0n) is 15.9. The average Bonchev–Trinajstić information content (AvgIpc) is 3.41. The van der Waals surface area contributed by atoms with Crippen LogP contribution in [0.4, 0.5) is 5.69 Å². The Labute approximate surface area is 164 Å². The van der Waals surface area contributed by atoms with E-state index in [-0.39, 0.29) is 11.9 Å². The molecule has 0 bridgehead atoms. The molecule has 1 aromatic heterocycles. The maximum absolute atomic E-state index is 12.8. The van der Waals surface area contributed by atoms with E-state index in [0.717, 1.165) is 47.6 Å². The summed E-state index contributed by atoms with van der Waals surface area (Å²) >= 11 is 0. The number of aromatic amines is 1. The molecule has 2 aromatic carbocycles. The van der Waals surface area contributed by atoms with Gasteiger partial charge in [-0.25, -0.2) is 4.98 Å². The number of benzene rings is 2. The van der Waals surface area contributed by atoms with Gasteiger partial charge >= 0.3 is 0 Å². The second kappa shape index (κ2) is 8.27. The average molecular weight is 376 g/mol. The number of aromatic nitrogens is 2. The van der Waals surface area contributed by atoms with Crippen molar-refractivity contribution in [1.82, 2.24) is 14.9 Å². The number of carbonyl (C=O) groups excluding carboxylic acids is 1. The summed E-state index contributed by atoms with van der Waals surface area (Å²) in [4.78, 5) is 22.2. The number of imidazole rings is 1. The van der Waals surface area contributed by atoms with Gasteiger partial charge in [-0.2, -0.15) is 0 Å². The Hall–Kier alpha value is -3.12. The van der Waals surface area contributed by atoms with Gasteiger partial charge in [0.2, 0.25) is 5.91 Å². The first-order valence-electron chi connectivity index (χ1n) is 9.49. The summed E-state index contributed by atoms with van der Waals surface area (Å²) < 4.78 is 5.29. The number of nitrogens with zero attached hydrogens (tertiary/aromatic N) is 2. The Morgan fingerprint density at radius 2 is 2.11 bits per heavy atom. The van der Waals surface area contributed by atoms with Crippen molar-refractivity contribution in [2.24, 2.45) is 0 Å². The molecule has 0 unspecified atom stereocenters. The van der Waals surface area contributed by atoms with Gasteiger partial charge < -0.3 is 15.0 Å². The lowest BCUT2D eigenvalue weighted by atomic mass is 10.1. The van der Waals surface area contributed by atoms with Gasteiger partial charge in [0.05, 0.1) is 19.5 Å². The molecule has 144 valence electrons. The number of hydrogen-bond donors (Lipinski definition) is 2. The third-order valence-electron chi connectivity index (χ3n) is 5.15. The minimum absolute atomic E-state index is 0.0474. The van der Waals surface area contributed by atoms with Crippen LogP contribution in [-0.2, 0) is 11.3 Å². The number of H-pyrrole nitrogens is 1. The lowest BCUT2D eigenvalue weighted by Gasteiger charge is -2.23. The van der Waals surface area contributed by atoms with Gasteiger partial charge in [-0.3, -0.25) is 9.69 Å².